The van der Waals surface area contributed by atoms with Gasteiger partial charge >= 0.3 is 0 Å². The summed E-state index contributed by atoms with van der Waals surface area (Å²) in [5, 5.41) is 7.90. The lowest BCUT2D eigenvalue weighted by molar-refractivity contribution is 0.0641. The van der Waals surface area contributed by atoms with Crippen molar-refractivity contribution in [3.05, 3.63) is 90.4 Å². The first-order valence-electron chi connectivity index (χ1n) is 9.26. The van der Waals surface area contributed by atoms with Crippen molar-refractivity contribution in [1.82, 2.24) is 15.1 Å². The molecule has 2 aromatic carbocycles. The lowest BCUT2D eigenvalue weighted by Gasteiger charge is -2.07. The summed E-state index contributed by atoms with van der Waals surface area (Å²) in [5.74, 6) is 2.11. The van der Waals surface area contributed by atoms with Crippen LogP contribution in [0.4, 0.5) is 0 Å². The highest BCUT2D eigenvalue weighted by atomic mass is 16.6. The Balaban J connectivity index is 1.38. The van der Waals surface area contributed by atoms with E-state index in [1.165, 1.54) is 0 Å². The fourth-order valence-corrected chi connectivity index (χ4v) is 2.54. The monoisotopic (exact) mass is 401 g/mol. The van der Waals surface area contributed by atoms with Gasteiger partial charge in [-0.25, -0.2) is 4.98 Å². The molecule has 1 atom stereocenters. The zero-order valence-corrected chi connectivity index (χ0v) is 16.2. The van der Waals surface area contributed by atoms with Crippen molar-refractivity contribution >= 4 is 5.84 Å². The van der Waals surface area contributed by atoms with E-state index in [4.69, 9.17) is 19.8 Å². The van der Waals surface area contributed by atoms with E-state index in [0.29, 0.717) is 28.9 Å². The second-order valence-corrected chi connectivity index (χ2v) is 6.35. The summed E-state index contributed by atoms with van der Waals surface area (Å²) in [6, 6.07) is 22.3. The normalized spacial score (nSPS) is 12.4. The highest BCUT2D eigenvalue weighted by Gasteiger charge is 2.16. The van der Waals surface area contributed by atoms with Gasteiger partial charge in [0.1, 0.15) is 5.75 Å². The summed E-state index contributed by atoms with van der Waals surface area (Å²) in [6.45, 7) is 1.76. The van der Waals surface area contributed by atoms with Crippen LogP contribution in [0.5, 0.6) is 11.6 Å². The van der Waals surface area contributed by atoms with E-state index in [9.17, 15) is 0 Å². The molecule has 0 bridgehead atoms. The molecule has 2 aromatic heterocycles. The Morgan fingerprint density at radius 3 is 2.43 bits per heavy atom. The zero-order chi connectivity index (χ0) is 20.8. The topological polar surface area (TPSA) is 109 Å². The minimum absolute atomic E-state index is 0.174. The maximum absolute atomic E-state index is 6.00. The van der Waals surface area contributed by atoms with Gasteiger partial charge in [0.15, 0.2) is 11.9 Å². The number of aromatic nitrogens is 3. The number of rotatable bonds is 7. The number of hydrogen-bond acceptors (Lipinski definition) is 7. The second-order valence-electron chi connectivity index (χ2n) is 6.35. The number of nitrogens with zero attached hydrogens (tertiary/aromatic N) is 4. The molecule has 150 valence electrons. The molecule has 0 aliphatic heterocycles. The molecule has 0 spiro atoms. The minimum Gasteiger partial charge on any atom is -0.439 e. The molecule has 4 aromatic rings. The molecule has 8 heteroatoms. The number of ether oxygens (including phenoxy) is 1. The molecule has 0 amide bonds. The van der Waals surface area contributed by atoms with Gasteiger partial charge in [-0.15, -0.1) is 0 Å². The predicted molar refractivity (Wildman–Crippen MR) is 111 cm³/mol. The third-order valence-corrected chi connectivity index (χ3v) is 4.13. The number of para-hydroxylation sites is 1. The van der Waals surface area contributed by atoms with Crippen LogP contribution in [0.25, 0.3) is 11.5 Å². The molecule has 0 radical (unpaired) electrons. The molecular formula is C22H19N5O3. The van der Waals surface area contributed by atoms with Crippen LogP contribution in [0.2, 0.25) is 0 Å². The van der Waals surface area contributed by atoms with E-state index in [1.807, 2.05) is 60.7 Å². The molecule has 2 N–H and O–H groups in total. The van der Waals surface area contributed by atoms with E-state index in [-0.39, 0.29) is 5.84 Å². The number of pyridine rings is 1. The molecule has 0 aliphatic carbocycles. The number of benzene rings is 2. The lowest BCUT2D eigenvalue weighted by atomic mass is 10.2. The van der Waals surface area contributed by atoms with Crippen LogP contribution < -0.4 is 10.5 Å². The van der Waals surface area contributed by atoms with E-state index >= 15 is 0 Å². The van der Waals surface area contributed by atoms with Gasteiger partial charge in [-0.1, -0.05) is 46.7 Å². The van der Waals surface area contributed by atoms with Gasteiger partial charge in [-0.05, 0) is 37.3 Å². The second kappa shape index (κ2) is 8.87. The summed E-state index contributed by atoms with van der Waals surface area (Å²) in [6.07, 6.45) is 1.02. The van der Waals surface area contributed by atoms with Crippen molar-refractivity contribution in [3.63, 3.8) is 0 Å². The van der Waals surface area contributed by atoms with E-state index in [1.54, 1.807) is 25.3 Å². The average Bonchev–Trinajstić information content (AvgIpc) is 3.30. The smallest absolute Gasteiger partial charge is 0.258 e. The maximum atomic E-state index is 6.00. The van der Waals surface area contributed by atoms with Crippen molar-refractivity contribution < 1.29 is 14.1 Å². The largest absolute Gasteiger partial charge is 0.439 e. The van der Waals surface area contributed by atoms with Crippen LogP contribution in [-0.4, -0.2) is 21.0 Å². The quantitative estimate of drug-likeness (QED) is 0.279. The van der Waals surface area contributed by atoms with Gasteiger partial charge in [0.25, 0.3) is 5.89 Å². The first kappa shape index (κ1) is 19.1. The van der Waals surface area contributed by atoms with Crippen molar-refractivity contribution in [2.45, 2.75) is 13.0 Å². The van der Waals surface area contributed by atoms with Gasteiger partial charge in [0, 0.05) is 23.4 Å². The van der Waals surface area contributed by atoms with Crippen molar-refractivity contribution in [1.29, 1.82) is 0 Å². The number of nitrogens with two attached hydrogens (primary N) is 1. The zero-order valence-electron chi connectivity index (χ0n) is 16.2. The Morgan fingerprint density at radius 1 is 1.00 bits per heavy atom. The van der Waals surface area contributed by atoms with Crippen LogP contribution in [0.3, 0.4) is 0 Å². The third-order valence-electron chi connectivity index (χ3n) is 4.13. The molecule has 30 heavy (non-hydrogen) atoms. The van der Waals surface area contributed by atoms with E-state index in [0.717, 1.165) is 5.56 Å². The van der Waals surface area contributed by atoms with Crippen LogP contribution in [0.1, 0.15) is 24.4 Å². The molecule has 2 heterocycles. The van der Waals surface area contributed by atoms with Crippen LogP contribution in [-0.2, 0) is 4.84 Å². The fourth-order valence-electron chi connectivity index (χ4n) is 2.54. The Labute approximate surface area is 173 Å². The summed E-state index contributed by atoms with van der Waals surface area (Å²) < 4.78 is 10.9. The Morgan fingerprint density at radius 2 is 1.73 bits per heavy atom. The molecular weight excluding hydrogens is 382 g/mol. The lowest BCUT2D eigenvalue weighted by Crippen LogP contribution is -2.15. The predicted octanol–water partition coefficient (Wildman–Crippen LogP) is 4.32. The maximum Gasteiger partial charge on any atom is 0.258 e. The number of amidine groups is 1. The minimum atomic E-state index is -0.543. The van der Waals surface area contributed by atoms with E-state index in [2.05, 4.69) is 20.3 Å². The molecule has 0 fully saturated rings. The SMILES string of the molecule is CC(ON=C(N)c1ccc(Oc2ccccc2)nc1)c1noc(-c2ccccc2)n1. The molecule has 0 saturated heterocycles. The highest BCUT2D eigenvalue weighted by Crippen LogP contribution is 2.21. The number of hydrogen-bond donors (Lipinski definition) is 1. The average molecular weight is 401 g/mol. The number of oxime groups is 1. The molecule has 0 aliphatic rings. The highest BCUT2D eigenvalue weighted by molar-refractivity contribution is 5.96. The Hall–Kier alpha value is -4.20. The van der Waals surface area contributed by atoms with Crippen molar-refractivity contribution in [2.24, 2.45) is 10.9 Å². The summed E-state index contributed by atoms with van der Waals surface area (Å²) in [4.78, 5) is 14.0. The summed E-state index contributed by atoms with van der Waals surface area (Å²) in [5.41, 5.74) is 7.43. The molecule has 4 rings (SSSR count). The first-order chi connectivity index (χ1) is 14.7. The molecule has 8 nitrogen and oxygen atoms in total. The standard InChI is InChI=1S/C22H19N5O3/c1-15(21-25-22(30-27-21)16-8-4-2-5-9-16)29-26-20(23)17-12-13-19(24-14-17)28-18-10-6-3-7-11-18/h2-15H,1H3,(H2,23,26). The van der Waals surface area contributed by atoms with Crippen LogP contribution in [0, 0.1) is 0 Å². The first-order valence-corrected chi connectivity index (χ1v) is 9.26. The van der Waals surface area contributed by atoms with Gasteiger partial charge in [-0.3, -0.25) is 0 Å². The molecule has 0 saturated carbocycles. The summed E-state index contributed by atoms with van der Waals surface area (Å²) in [7, 11) is 0. The summed E-state index contributed by atoms with van der Waals surface area (Å²) >= 11 is 0. The van der Waals surface area contributed by atoms with Gasteiger partial charge in [0.2, 0.25) is 11.7 Å². The van der Waals surface area contributed by atoms with Gasteiger partial charge in [0.05, 0.1) is 0 Å². The van der Waals surface area contributed by atoms with E-state index < -0.39 is 6.10 Å². The van der Waals surface area contributed by atoms with Gasteiger partial charge in [-0.2, -0.15) is 4.98 Å². The van der Waals surface area contributed by atoms with Crippen molar-refractivity contribution in [3.8, 4) is 23.1 Å². The third kappa shape index (κ3) is 4.61. The van der Waals surface area contributed by atoms with Crippen molar-refractivity contribution in [2.75, 3.05) is 0 Å². The fraction of sp³-hybridized carbons (Fsp3) is 0.0909. The van der Waals surface area contributed by atoms with Crippen LogP contribution >= 0.6 is 0 Å². The Bertz CT molecular complexity index is 1110. The van der Waals surface area contributed by atoms with Gasteiger partial charge < -0.3 is 19.8 Å². The molecule has 1 unspecified atom stereocenters. The Kier molecular flexibility index (Phi) is 5.66. The van der Waals surface area contributed by atoms with Crippen LogP contribution in [0.15, 0.2) is 88.7 Å².